The molecule has 27 heavy (non-hydrogen) atoms. The topological polar surface area (TPSA) is 75.9 Å². The van der Waals surface area contributed by atoms with E-state index in [9.17, 15) is 9.90 Å². The van der Waals surface area contributed by atoms with Crippen LogP contribution in [-0.2, 0) is 6.61 Å². The molecule has 2 aromatic heterocycles. The van der Waals surface area contributed by atoms with E-state index in [-0.39, 0.29) is 24.7 Å². The van der Waals surface area contributed by atoms with Crippen molar-refractivity contribution in [3.8, 4) is 5.75 Å². The molecule has 1 aliphatic rings. The lowest BCUT2D eigenvalue weighted by atomic mass is 9.89. The highest BCUT2D eigenvalue weighted by atomic mass is 35.5. The average Bonchev–Trinajstić information content (AvgIpc) is 3.07. The highest BCUT2D eigenvalue weighted by Crippen LogP contribution is 2.35. The summed E-state index contributed by atoms with van der Waals surface area (Å²) >= 11 is 12.1. The van der Waals surface area contributed by atoms with Gasteiger partial charge in [0.05, 0.1) is 34.6 Å². The van der Waals surface area contributed by atoms with Crippen molar-refractivity contribution >= 4 is 34.6 Å². The molecule has 0 spiro atoms. The van der Waals surface area contributed by atoms with Crippen molar-refractivity contribution in [2.75, 3.05) is 0 Å². The van der Waals surface area contributed by atoms with Gasteiger partial charge in [-0.25, -0.2) is 4.52 Å². The van der Waals surface area contributed by atoms with Gasteiger partial charge in [0.1, 0.15) is 16.9 Å². The van der Waals surface area contributed by atoms with Crippen LogP contribution in [0.2, 0.25) is 10.0 Å². The zero-order valence-electron chi connectivity index (χ0n) is 14.2. The van der Waals surface area contributed by atoms with Gasteiger partial charge in [-0.05, 0) is 24.3 Å². The number of fused-ring (bicyclic) bond motifs is 1. The zero-order chi connectivity index (χ0) is 19.0. The van der Waals surface area contributed by atoms with Crippen molar-refractivity contribution in [3.63, 3.8) is 0 Å². The van der Waals surface area contributed by atoms with Crippen LogP contribution in [0.1, 0.15) is 28.9 Å². The van der Waals surface area contributed by atoms with Crippen LogP contribution in [0.25, 0.3) is 5.52 Å². The maximum atomic E-state index is 12.6. The Hall–Kier alpha value is -2.28. The number of aliphatic hydroxyl groups is 1. The van der Waals surface area contributed by atoms with Crippen LogP contribution >= 0.6 is 23.2 Å². The summed E-state index contributed by atoms with van der Waals surface area (Å²) in [5.74, 6) is 0.363. The summed E-state index contributed by atoms with van der Waals surface area (Å²) in [6.45, 7) is -0.145. The third-order valence-electron chi connectivity index (χ3n) is 4.67. The molecule has 1 aromatic carbocycles. The fourth-order valence-electron chi connectivity index (χ4n) is 3.16. The number of hydrogen-bond donors (Lipinski definition) is 2. The number of amides is 1. The summed E-state index contributed by atoms with van der Waals surface area (Å²) in [7, 11) is 0. The van der Waals surface area contributed by atoms with E-state index in [0.29, 0.717) is 45.4 Å². The number of nitrogens with zero attached hydrogens (tertiary/aromatic N) is 2. The number of hydrogen-bond acceptors (Lipinski definition) is 4. The number of nitrogens with one attached hydrogen (secondary N) is 1. The second kappa shape index (κ2) is 7.38. The van der Waals surface area contributed by atoms with Crippen molar-refractivity contribution in [2.45, 2.75) is 31.6 Å². The number of carbonyl (C=O) groups excluding carboxylic acids is 1. The van der Waals surface area contributed by atoms with Gasteiger partial charge in [-0.2, -0.15) is 5.10 Å². The number of aromatic nitrogens is 2. The molecule has 2 N–H and O–H groups in total. The molecule has 0 unspecified atom stereocenters. The summed E-state index contributed by atoms with van der Waals surface area (Å²) in [5, 5.41) is 17.4. The van der Waals surface area contributed by atoms with Gasteiger partial charge in [0, 0.05) is 18.9 Å². The molecular weight excluding hydrogens is 389 g/mol. The van der Waals surface area contributed by atoms with Crippen molar-refractivity contribution in [2.24, 2.45) is 0 Å². The number of aliphatic hydroxyl groups excluding tert-OH is 1. The average molecular weight is 406 g/mol. The van der Waals surface area contributed by atoms with Crippen LogP contribution in [0.3, 0.4) is 0 Å². The van der Waals surface area contributed by atoms with Crippen molar-refractivity contribution in [1.29, 1.82) is 0 Å². The molecule has 140 valence electrons. The lowest BCUT2D eigenvalue weighted by Gasteiger charge is -2.36. The predicted molar refractivity (Wildman–Crippen MR) is 102 cm³/mol. The fourth-order valence-corrected chi connectivity index (χ4v) is 3.50. The summed E-state index contributed by atoms with van der Waals surface area (Å²) in [6.07, 6.45) is 2.88. The Kier molecular flexibility index (Phi) is 4.95. The van der Waals surface area contributed by atoms with Gasteiger partial charge >= 0.3 is 0 Å². The summed E-state index contributed by atoms with van der Waals surface area (Å²) in [4.78, 5) is 12.6. The molecule has 6 nitrogen and oxygen atoms in total. The second-order valence-electron chi connectivity index (χ2n) is 6.46. The normalized spacial score (nSPS) is 18.9. The lowest BCUT2D eigenvalue weighted by molar-refractivity contribution is 0.0702. The molecule has 3 aromatic rings. The van der Waals surface area contributed by atoms with Crippen LogP contribution in [0.4, 0.5) is 0 Å². The molecule has 1 aliphatic carbocycles. The Bertz CT molecular complexity index is 999. The van der Waals surface area contributed by atoms with E-state index in [0.717, 1.165) is 0 Å². The molecule has 0 atom stereocenters. The van der Waals surface area contributed by atoms with Gasteiger partial charge in [-0.1, -0.05) is 35.3 Å². The second-order valence-corrected chi connectivity index (χ2v) is 7.25. The third kappa shape index (κ3) is 3.48. The van der Waals surface area contributed by atoms with Gasteiger partial charge in [0.25, 0.3) is 5.91 Å². The van der Waals surface area contributed by atoms with E-state index in [4.69, 9.17) is 27.9 Å². The lowest BCUT2D eigenvalue weighted by Crippen LogP contribution is -2.49. The van der Waals surface area contributed by atoms with Crippen LogP contribution in [0.15, 0.2) is 42.6 Å². The van der Waals surface area contributed by atoms with E-state index < -0.39 is 0 Å². The molecule has 0 saturated heterocycles. The Morgan fingerprint density at radius 1 is 1.26 bits per heavy atom. The molecule has 2 heterocycles. The largest absolute Gasteiger partial charge is 0.489 e. The first-order valence-corrected chi connectivity index (χ1v) is 9.30. The van der Waals surface area contributed by atoms with Crippen LogP contribution in [0.5, 0.6) is 5.75 Å². The summed E-state index contributed by atoms with van der Waals surface area (Å²) < 4.78 is 7.43. The van der Waals surface area contributed by atoms with Gasteiger partial charge < -0.3 is 15.2 Å². The molecule has 0 radical (unpaired) electrons. The van der Waals surface area contributed by atoms with E-state index >= 15 is 0 Å². The molecule has 1 saturated carbocycles. The Labute approximate surface area is 165 Å². The Balaban J connectivity index is 1.38. The van der Waals surface area contributed by atoms with Crippen LogP contribution < -0.4 is 10.1 Å². The third-order valence-corrected chi connectivity index (χ3v) is 5.47. The van der Waals surface area contributed by atoms with Gasteiger partial charge in [-0.15, -0.1) is 0 Å². The first-order valence-electron chi connectivity index (χ1n) is 8.55. The van der Waals surface area contributed by atoms with E-state index in [1.807, 2.05) is 0 Å². The molecule has 4 rings (SSSR count). The molecule has 1 fully saturated rings. The molecular formula is C19H17Cl2N3O3. The SMILES string of the molecule is O=C(N[C@H]1C[C@H](Oc2cccc(Cl)c2Cl)C1)c1cnn2c(CO)cccc12. The molecule has 0 aliphatic heterocycles. The van der Waals surface area contributed by atoms with Crippen molar-refractivity contribution in [3.05, 3.63) is 63.9 Å². The minimum atomic E-state index is -0.190. The fraction of sp³-hybridized carbons (Fsp3) is 0.263. The highest BCUT2D eigenvalue weighted by Gasteiger charge is 2.33. The van der Waals surface area contributed by atoms with Crippen LogP contribution in [0, 0.1) is 0 Å². The van der Waals surface area contributed by atoms with Crippen molar-refractivity contribution < 1.29 is 14.6 Å². The Morgan fingerprint density at radius 2 is 2.04 bits per heavy atom. The quantitative estimate of drug-likeness (QED) is 0.681. The minimum absolute atomic E-state index is 0.0174. The number of halogens is 2. The molecule has 8 heteroatoms. The molecule has 0 bridgehead atoms. The van der Waals surface area contributed by atoms with Crippen LogP contribution in [-0.4, -0.2) is 32.8 Å². The smallest absolute Gasteiger partial charge is 0.255 e. The standard InChI is InChI=1S/C19H17Cl2N3O3/c20-15-4-2-6-17(18(15)21)27-13-7-11(8-13)23-19(26)14-9-22-24-12(10-25)3-1-5-16(14)24/h1-6,9,11,13,25H,7-8,10H2,(H,23,26)/t11-,13-. The summed E-state index contributed by atoms with van der Waals surface area (Å²) in [6, 6.07) is 10.6. The van der Waals surface area contributed by atoms with Crippen molar-refractivity contribution in [1.82, 2.24) is 14.9 Å². The first-order chi connectivity index (χ1) is 13.1. The van der Waals surface area contributed by atoms with E-state index in [1.165, 1.54) is 6.20 Å². The number of pyridine rings is 1. The number of ether oxygens (including phenoxy) is 1. The van der Waals surface area contributed by atoms with E-state index in [2.05, 4.69) is 10.4 Å². The maximum absolute atomic E-state index is 12.6. The predicted octanol–water partition coefficient (Wildman–Crippen LogP) is 3.47. The monoisotopic (exact) mass is 405 g/mol. The number of rotatable bonds is 5. The maximum Gasteiger partial charge on any atom is 0.255 e. The zero-order valence-corrected chi connectivity index (χ0v) is 15.7. The Morgan fingerprint density at radius 3 is 2.81 bits per heavy atom. The first kappa shape index (κ1) is 18.1. The number of benzene rings is 1. The highest BCUT2D eigenvalue weighted by molar-refractivity contribution is 6.42. The number of carbonyl (C=O) groups is 1. The summed E-state index contributed by atoms with van der Waals surface area (Å²) in [5.41, 5.74) is 1.77. The van der Waals surface area contributed by atoms with Gasteiger partial charge in [-0.3, -0.25) is 4.79 Å². The van der Waals surface area contributed by atoms with Gasteiger partial charge in [0.15, 0.2) is 0 Å². The van der Waals surface area contributed by atoms with Gasteiger partial charge in [0.2, 0.25) is 0 Å². The minimum Gasteiger partial charge on any atom is -0.489 e. The van der Waals surface area contributed by atoms with E-state index in [1.54, 1.807) is 40.9 Å². The molecule has 1 amide bonds.